The number of esters is 1. The molecule has 0 aliphatic rings. The summed E-state index contributed by atoms with van der Waals surface area (Å²) in [6, 6.07) is 18.9. The van der Waals surface area contributed by atoms with Crippen LogP contribution in [0, 0.1) is 5.82 Å². The summed E-state index contributed by atoms with van der Waals surface area (Å²) in [6.45, 7) is 1.94. The van der Waals surface area contributed by atoms with Crippen LogP contribution in [0.2, 0.25) is 5.02 Å². The van der Waals surface area contributed by atoms with Gasteiger partial charge in [0.15, 0.2) is 0 Å². The molecule has 6 heteroatoms. The van der Waals surface area contributed by atoms with Gasteiger partial charge in [-0.2, -0.15) is 0 Å². The summed E-state index contributed by atoms with van der Waals surface area (Å²) >= 11 is 6.07. The minimum absolute atomic E-state index is 0.0465. The second-order valence-electron chi connectivity index (χ2n) is 6.54. The first kappa shape index (κ1) is 20.0. The fourth-order valence-electron chi connectivity index (χ4n) is 3.19. The van der Waals surface area contributed by atoms with E-state index in [0.29, 0.717) is 28.0 Å². The third-order valence-corrected chi connectivity index (χ3v) is 4.97. The second-order valence-corrected chi connectivity index (χ2v) is 6.95. The topological polar surface area (TPSA) is 48.7 Å². The summed E-state index contributed by atoms with van der Waals surface area (Å²) in [5.41, 5.74) is 1.88. The van der Waals surface area contributed by atoms with Crippen molar-refractivity contribution >= 4 is 28.5 Å². The summed E-state index contributed by atoms with van der Waals surface area (Å²) < 4.78 is 31.0. The van der Waals surface area contributed by atoms with Crippen molar-refractivity contribution < 1.29 is 23.1 Å². The van der Waals surface area contributed by atoms with Gasteiger partial charge in [-0.3, -0.25) is 0 Å². The van der Waals surface area contributed by atoms with E-state index in [1.54, 1.807) is 31.2 Å². The lowest BCUT2D eigenvalue weighted by Gasteiger charge is -2.09. The van der Waals surface area contributed by atoms with Gasteiger partial charge < -0.3 is 13.9 Å². The minimum atomic E-state index is -0.482. The van der Waals surface area contributed by atoms with Crippen molar-refractivity contribution in [3.8, 4) is 17.1 Å². The van der Waals surface area contributed by atoms with Gasteiger partial charge in [0, 0.05) is 16.5 Å². The van der Waals surface area contributed by atoms with Crippen molar-refractivity contribution in [2.75, 3.05) is 6.61 Å². The molecule has 0 saturated heterocycles. The zero-order valence-corrected chi connectivity index (χ0v) is 16.9. The number of halogens is 2. The Morgan fingerprint density at radius 3 is 2.60 bits per heavy atom. The normalized spacial score (nSPS) is 10.9. The van der Waals surface area contributed by atoms with Gasteiger partial charge in [-0.25, -0.2) is 9.18 Å². The van der Waals surface area contributed by atoms with Crippen molar-refractivity contribution in [1.29, 1.82) is 0 Å². The van der Waals surface area contributed by atoms with E-state index in [4.69, 9.17) is 25.5 Å². The smallest absolute Gasteiger partial charge is 0.342 e. The van der Waals surface area contributed by atoms with Crippen LogP contribution in [0.25, 0.3) is 22.3 Å². The lowest BCUT2D eigenvalue weighted by Crippen LogP contribution is -2.05. The molecular weight excluding hydrogens is 407 g/mol. The molecule has 0 bridgehead atoms. The van der Waals surface area contributed by atoms with E-state index >= 15 is 0 Å². The van der Waals surface area contributed by atoms with Crippen LogP contribution < -0.4 is 4.74 Å². The fraction of sp³-hybridized carbons (Fsp3) is 0.125. The van der Waals surface area contributed by atoms with E-state index in [0.717, 1.165) is 5.56 Å². The number of carbonyl (C=O) groups is 1. The highest BCUT2D eigenvalue weighted by atomic mass is 35.5. The summed E-state index contributed by atoms with van der Waals surface area (Å²) in [7, 11) is 0. The number of carbonyl (C=O) groups excluding carboxylic acids is 1. The van der Waals surface area contributed by atoms with Gasteiger partial charge in [-0.1, -0.05) is 48.0 Å². The number of fused-ring (bicyclic) bond motifs is 1. The highest BCUT2D eigenvalue weighted by Gasteiger charge is 2.23. The number of furan rings is 1. The molecule has 0 atom stereocenters. The van der Waals surface area contributed by atoms with Crippen LogP contribution in [0.3, 0.4) is 0 Å². The van der Waals surface area contributed by atoms with Crippen molar-refractivity contribution in [2.24, 2.45) is 0 Å². The zero-order valence-electron chi connectivity index (χ0n) is 16.2. The molecular formula is C24H18ClFO4. The summed E-state index contributed by atoms with van der Waals surface area (Å²) in [5, 5.41) is 0.849. The predicted octanol–water partition coefficient (Wildman–Crippen LogP) is 6.65. The standard InChI is InChI=1S/C24H18ClFO4/c1-2-28-24(27)22-17-13-16(29-14-18-19(25)9-6-10-20(18)26)11-12-21(17)30-23(22)15-7-4-3-5-8-15/h3-13H,2,14H2,1H3. The van der Waals surface area contributed by atoms with Crippen LogP contribution in [0.4, 0.5) is 4.39 Å². The molecule has 0 spiro atoms. The van der Waals surface area contributed by atoms with Crippen LogP contribution in [0.5, 0.6) is 5.75 Å². The fourth-order valence-corrected chi connectivity index (χ4v) is 3.41. The van der Waals surface area contributed by atoms with E-state index in [9.17, 15) is 9.18 Å². The summed E-state index contributed by atoms with van der Waals surface area (Å²) in [4.78, 5) is 12.7. The Balaban J connectivity index is 1.74. The molecule has 4 rings (SSSR count). The maximum atomic E-state index is 14.0. The van der Waals surface area contributed by atoms with Gasteiger partial charge in [0.25, 0.3) is 0 Å². The third-order valence-electron chi connectivity index (χ3n) is 4.62. The van der Waals surface area contributed by atoms with E-state index in [1.807, 2.05) is 30.3 Å². The van der Waals surface area contributed by atoms with E-state index in [2.05, 4.69) is 0 Å². The Kier molecular flexibility index (Phi) is 5.72. The molecule has 3 aromatic carbocycles. The van der Waals surface area contributed by atoms with E-state index in [-0.39, 0.29) is 23.8 Å². The molecule has 0 amide bonds. The molecule has 4 aromatic rings. The highest BCUT2D eigenvalue weighted by molar-refractivity contribution is 6.31. The van der Waals surface area contributed by atoms with Gasteiger partial charge in [0.1, 0.15) is 35.1 Å². The molecule has 30 heavy (non-hydrogen) atoms. The monoisotopic (exact) mass is 424 g/mol. The van der Waals surface area contributed by atoms with Crippen LogP contribution in [-0.4, -0.2) is 12.6 Å². The van der Waals surface area contributed by atoms with Crippen molar-refractivity contribution in [3.63, 3.8) is 0 Å². The highest BCUT2D eigenvalue weighted by Crippen LogP contribution is 2.36. The van der Waals surface area contributed by atoms with Gasteiger partial charge in [0.05, 0.1) is 11.6 Å². The molecule has 0 unspecified atom stereocenters. The Morgan fingerprint density at radius 1 is 1.07 bits per heavy atom. The SMILES string of the molecule is CCOC(=O)c1c(-c2ccccc2)oc2ccc(OCc3c(F)cccc3Cl)cc12. The van der Waals surface area contributed by atoms with Crippen LogP contribution in [0.15, 0.2) is 71.1 Å². The molecule has 0 radical (unpaired) electrons. The van der Waals surface area contributed by atoms with Gasteiger partial charge in [-0.05, 0) is 37.3 Å². The summed E-state index contributed by atoms with van der Waals surface area (Å²) in [5.74, 6) is -0.0407. The van der Waals surface area contributed by atoms with E-state index in [1.165, 1.54) is 12.1 Å². The molecule has 0 fully saturated rings. The maximum absolute atomic E-state index is 14.0. The Hall–Kier alpha value is -3.31. The average Bonchev–Trinajstić information content (AvgIpc) is 3.13. The Labute approximate surface area is 177 Å². The molecule has 1 aromatic heterocycles. The second kappa shape index (κ2) is 8.59. The number of hydrogen-bond acceptors (Lipinski definition) is 4. The lowest BCUT2D eigenvalue weighted by atomic mass is 10.1. The number of benzene rings is 3. The largest absolute Gasteiger partial charge is 0.489 e. The van der Waals surface area contributed by atoms with Crippen LogP contribution in [-0.2, 0) is 11.3 Å². The summed E-state index contributed by atoms with van der Waals surface area (Å²) in [6.07, 6.45) is 0. The molecule has 0 aliphatic carbocycles. The quantitative estimate of drug-likeness (QED) is 0.325. The Bertz CT molecular complexity index is 1180. The third kappa shape index (κ3) is 3.89. The Morgan fingerprint density at radius 2 is 1.87 bits per heavy atom. The lowest BCUT2D eigenvalue weighted by molar-refractivity contribution is 0.0528. The minimum Gasteiger partial charge on any atom is -0.489 e. The van der Waals surface area contributed by atoms with Crippen LogP contribution in [0.1, 0.15) is 22.8 Å². The number of ether oxygens (including phenoxy) is 2. The maximum Gasteiger partial charge on any atom is 0.342 e. The molecule has 0 saturated carbocycles. The zero-order chi connectivity index (χ0) is 21.1. The number of hydrogen-bond donors (Lipinski definition) is 0. The molecule has 0 N–H and O–H groups in total. The van der Waals surface area contributed by atoms with E-state index < -0.39 is 11.8 Å². The predicted molar refractivity (Wildman–Crippen MR) is 113 cm³/mol. The van der Waals surface area contributed by atoms with Crippen LogP contribution >= 0.6 is 11.6 Å². The molecule has 1 heterocycles. The first-order chi connectivity index (χ1) is 14.6. The van der Waals surface area contributed by atoms with Crippen molar-refractivity contribution in [3.05, 3.63) is 88.7 Å². The van der Waals surface area contributed by atoms with Gasteiger partial charge in [-0.15, -0.1) is 0 Å². The van der Waals surface area contributed by atoms with Gasteiger partial charge >= 0.3 is 5.97 Å². The average molecular weight is 425 g/mol. The van der Waals surface area contributed by atoms with Crippen molar-refractivity contribution in [2.45, 2.75) is 13.5 Å². The number of rotatable bonds is 6. The molecule has 4 nitrogen and oxygen atoms in total. The first-order valence-corrected chi connectivity index (χ1v) is 9.81. The van der Waals surface area contributed by atoms with Crippen molar-refractivity contribution in [1.82, 2.24) is 0 Å². The first-order valence-electron chi connectivity index (χ1n) is 9.43. The van der Waals surface area contributed by atoms with Gasteiger partial charge in [0.2, 0.25) is 0 Å². The molecule has 0 aliphatic heterocycles. The molecule has 152 valence electrons.